The maximum Gasteiger partial charge on any atom is 0.387 e. The number of thiophene rings is 1. The summed E-state index contributed by atoms with van der Waals surface area (Å²) in [6.45, 7) is 9.56. The molecule has 0 radical (unpaired) electrons. The first-order chi connectivity index (χ1) is 15.5. The van der Waals surface area contributed by atoms with Crippen LogP contribution in [0.1, 0.15) is 52.0 Å². The van der Waals surface area contributed by atoms with Crippen LogP contribution < -0.4 is 10.5 Å². The first-order valence-electron chi connectivity index (χ1n) is 10.9. The summed E-state index contributed by atoms with van der Waals surface area (Å²) in [5.41, 5.74) is 0.258. The van der Waals surface area contributed by atoms with Crippen molar-refractivity contribution in [2.75, 3.05) is 0 Å². The fourth-order valence-corrected chi connectivity index (χ4v) is 6.31. The minimum absolute atomic E-state index is 0.0177. The third-order valence-corrected chi connectivity index (χ3v) is 8.92. The quantitative estimate of drug-likeness (QED) is 0.285. The van der Waals surface area contributed by atoms with Crippen molar-refractivity contribution >= 4 is 27.7 Å². The van der Waals surface area contributed by atoms with Crippen LogP contribution in [0.2, 0.25) is 0 Å². The molecule has 1 unspecified atom stereocenters. The predicted molar refractivity (Wildman–Crippen MR) is 130 cm³/mol. The van der Waals surface area contributed by atoms with E-state index in [1.165, 1.54) is 6.08 Å². The van der Waals surface area contributed by atoms with Crippen molar-refractivity contribution in [3.8, 4) is 0 Å². The Morgan fingerprint density at radius 1 is 1.32 bits per heavy atom. The van der Waals surface area contributed by atoms with Gasteiger partial charge < -0.3 is 15.2 Å². The van der Waals surface area contributed by atoms with E-state index in [-0.39, 0.29) is 27.7 Å². The Hall–Kier alpha value is -2.02. The van der Waals surface area contributed by atoms with E-state index in [0.717, 1.165) is 11.3 Å². The van der Waals surface area contributed by atoms with Gasteiger partial charge in [0.25, 0.3) is 0 Å². The molecule has 8 nitrogen and oxygen atoms in total. The molecule has 34 heavy (non-hydrogen) atoms. The Balaban J connectivity index is 2.27. The molecule has 0 saturated carbocycles. The number of nitrogens with zero attached hydrogens (tertiary/aromatic N) is 2. The van der Waals surface area contributed by atoms with Crippen molar-refractivity contribution in [2.45, 2.75) is 70.9 Å². The van der Waals surface area contributed by atoms with E-state index in [4.69, 9.17) is 5.14 Å². The Bertz CT molecular complexity index is 1040. The molecule has 0 fully saturated rings. The van der Waals surface area contributed by atoms with E-state index in [2.05, 4.69) is 19.7 Å². The van der Waals surface area contributed by atoms with E-state index >= 15 is 0 Å². The van der Waals surface area contributed by atoms with Crippen LogP contribution in [0.25, 0.3) is 0 Å². The topological polar surface area (TPSA) is 126 Å². The van der Waals surface area contributed by atoms with Gasteiger partial charge in [0.1, 0.15) is 9.97 Å². The minimum Gasteiger partial charge on any atom is -0.435 e. The van der Waals surface area contributed by atoms with Gasteiger partial charge in [0.05, 0.1) is 21.9 Å². The zero-order valence-corrected chi connectivity index (χ0v) is 22.1. The molecule has 0 spiro atoms. The van der Waals surface area contributed by atoms with Crippen LogP contribution in [0, 0.1) is 24.7 Å². The van der Waals surface area contributed by atoms with Gasteiger partial charge in [0, 0.05) is 10.8 Å². The van der Waals surface area contributed by atoms with Crippen molar-refractivity contribution < 1.29 is 27.6 Å². The molecule has 1 heterocycles. The molecule has 0 aliphatic heterocycles. The van der Waals surface area contributed by atoms with Gasteiger partial charge in [0.2, 0.25) is 0 Å². The molecule has 0 aromatic carbocycles. The van der Waals surface area contributed by atoms with E-state index < -0.39 is 34.6 Å². The number of nitrogens with one attached hydrogen (secondary N) is 1. The molecule has 1 aromatic heterocycles. The summed E-state index contributed by atoms with van der Waals surface area (Å²) >= 11 is 1.06. The molecular formula is C22H34F2N4O4S2. The zero-order valence-electron chi connectivity index (χ0n) is 20.4. The lowest BCUT2D eigenvalue weighted by molar-refractivity contribution is -0.0932. The fourth-order valence-electron chi connectivity index (χ4n) is 3.81. The third-order valence-electron chi connectivity index (χ3n) is 5.39. The molecule has 2 rings (SSSR count). The van der Waals surface area contributed by atoms with Crippen LogP contribution in [-0.4, -0.2) is 28.0 Å². The van der Waals surface area contributed by atoms with Crippen LogP contribution >= 0.6 is 11.3 Å². The number of nitrogens with two attached hydrogens (primary N) is 1. The summed E-state index contributed by atoms with van der Waals surface area (Å²) < 4.78 is 47.0. The van der Waals surface area contributed by atoms with Crippen molar-refractivity contribution in [3.05, 3.63) is 40.0 Å². The SMILES string of the molecule is Cc1cc([SH](N)(=O)/N=N\C(=O)NC2C(C(C)C)=CC(OC(F)F)=C[C@H]2C(C)C)sc1C(C)(C)O. The number of amides is 2. The molecule has 192 valence electrons. The van der Waals surface area contributed by atoms with Gasteiger partial charge >= 0.3 is 12.6 Å². The molecule has 1 aliphatic rings. The number of rotatable bonds is 8. The number of ether oxygens (including phenoxy) is 1. The molecule has 4 N–H and O–H groups in total. The molecule has 1 aromatic rings. The standard InChI is InChI=1S/C22H34F2N4O4S2/c1-11(2)15-9-14(32-20(23)24)10-16(12(3)4)18(15)26-21(29)27-28-34(25,31)17-8-13(5)19(33-17)22(6,7)30/h8-12,15,18,20,30,34H,1-7H3,(H2,25,31)(H,26,29)/b28-27-/t15-,18?/m0/s1. The monoisotopic (exact) mass is 520 g/mol. The zero-order chi connectivity index (χ0) is 26.0. The summed E-state index contributed by atoms with van der Waals surface area (Å²) in [6.07, 6.45) is 3.06. The summed E-state index contributed by atoms with van der Waals surface area (Å²) in [5, 5.41) is 22.5. The number of alkyl halides is 2. The van der Waals surface area contributed by atoms with Crippen LogP contribution in [0.5, 0.6) is 0 Å². The molecular weight excluding hydrogens is 486 g/mol. The number of thiol groups is 1. The summed E-state index contributed by atoms with van der Waals surface area (Å²) in [5.74, 6) is -0.389. The average molecular weight is 521 g/mol. The number of hydrogen-bond acceptors (Lipinski definition) is 5. The number of halogens is 2. The second-order valence-corrected chi connectivity index (χ2v) is 12.7. The highest BCUT2D eigenvalue weighted by molar-refractivity contribution is 8.01. The Morgan fingerprint density at radius 2 is 1.94 bits per heavy atom. The second-order valence-electron chi connectivity index (χ2n) is 9.46. The van der Waals surface area contributed by atoms with Gasteiger partial charge in [-0.25, -0.2) is 9.00 Å². The van der Waals surface area contributed by atoms with Crippen molar-refractivity contribution in [1.29, 1.82) is 0 Å². The molecule has 2 atom stereocenters. The van der Waals surface area contributed by atoms with Gasteiger partial charge in [-0.15, -0.1) is 11.3 Å². The number of hydrogen-bond donors (Lipinski definition) is 4. The molecule has 0 saturated heterocycles. The lowest BCUT2D eigenvalue weighted by Gasteiger charge is -2.35. The smallest absolute Gasteiger partial charge is 0.387 e. The van der Waals surface area contributed by atoms with Gasteiger partial charge in [-0.1, -0.05) is 37.3 Å². The van der Waals surface area contributed by atoms with E-state index in [1.807, 2.05) is 27.7 Å². The number of aliphatic hydroxyl groups is 1. The van der Waals surface area contributed by atoms with Crippen LogP contribution in [-0.2, 0) is 20.6 Å². The Labute approximate surface area is 204 Å². The first kappa shape index (κ1) is 28.2. The van der Waals surface area contributed by atoms with Gasteiger partial charge in [-0.3, -0.25) is 5.14 Å². The first-order valence-corrected chi connectivity index (χ1v) is 13.4. The summed E-state index contributed by atoms with van der Waals surface area (Å²) in [6, 6.07) is 0.176. The number of aryl methyl sites for hydroxylation is 1. The highest BCUT2D eigenvalue weighted by Gasteiger charge is 2.33. The lowest BCUT2D eigenvalue weighted by Crippen LogP contribution is -2.44. The fraction of sp³-hybridized carbons (Fsp3) is 0.591. The van der Waals surface area contributed by atoms with Crippen molar-refractivity contribution in [3.63, 3.8) is 0 Å². The maximum absolute atomic E-state index is 13.0. The normalized spacial score (nSPS) is 20.2. The summed E-state index contributed by atoms with van der Waals surface area (Å²) in [7, 11) is -3.85. The highest BCUT2D eigenvalue weighted by Crippen LogP contribution is 2.36. The van der Waals surface area contributed by atoms with Crippen LogP contribution in [0.4, 0.5) is 13.6 Å². The maximum atomic E-state index is 13.0. The minimum atomic E-state index is -3.85. The van der Waals surface area contributed by atoms with Crippen molar-refractivity contribution in [2.24, 2.45) is 32.5 Å². The van der Waals surface area contributed by atoms with E-state index in [0.29, 0.717) is 16.0 Å². The summed E-state index contributed by atoms with van der Waals surface area (Å²) in [4.78, 5) is 13.2. The van der Waals surface area contributed by atoms with Crippen LogP contribution in [0.3, 0.4) is 0 Å². The van der Waals surface area contributed by atoms with Gasteiger partial charge in [-0.05, 0) is 62.0 Å². The predicted octanol–water partition coefficient (Wildman–Crippen LogP) is 4.97. The van der Waals surface area contributed by atoms with Crippen molar-refractivity contribution in [1.82, 2.24) is 5.32 Å². The molecule has 1 aliphatic carbocycles. The largest absolute Gasteiger partial charge is 0.435 e. The highest BCUT2D eigenvalue weighted by atomic mass is 32.3. The molecule has 12 heteroatoms. The second kappa shape index (κ2) is 10.7. The van der Waals surface area contributed by atoms with E-state index in [1.54, 1.807) is 32.9 Å². The Morgan fingerprint density at radius 3 is 2.41 bits per heavy atom. The van der Waals surface area contributed by atoms with Crippen LogP contribution in [0.15, 0.2) is 43.4 Å². The number of carbonyl (C=O) groups is 1. The lowest BCUT2D eigenvalue weighted by atomic mass is 9.77. The molecule has 0 bridgehead atoms. The number of urea groups is 1. The van der Waals surface area contributed by atoms with Gasteiger partial charge in [-0.2, -0.15) is 8.78 Å². The van der Waals surface area contributed by atoms with Gasteiger partial charge in [0.15, 0.2) is 0 Å². The Kier molecular flexibility index (Phi) is 8.89. The average Bonchev–Trinajstić information content (AvgIpc) is 3.09. The number of carbonyl (C=O) groups excluding carboxylic acids is 1. The number of allylic oxidation sites excluding steroid dienone is 1. The molecule has 2 amide bonds. The van der Waals surface area contributed by atoms with E-state index in [9.17, 15) is 22.9 Å². The third kappa shape index (κ3) is 7.00.